The Hall–Kier alpha value is -4.02. The normalized spacial score (nSPS) is 12.6. The van der Waals surface area contributed by atoms with Crippen LogP contribution >= 0.6 is 0 Å². The first-order valence-corrected chi connectivity index (χ1v) is 10.3. The summed E-state index contributed by atoms with van der Waals surface area (Å²) >= 11 is 0. The fourth-order valence-corrected chi connectivity index (χ4v) is 3.96. The van der Waals surface area contributed by atoms with Gasteiger partial charge in [0, 0.05) is 22.4 Å². The summed E-state index contributed by atoms with van der Waals surface area (Å²) in [5.41, 5.74) is -6.53. The zero-order valence-electron chi connectivity index (χ0n) is 18.7. The molecule has 0 radical (unpaired) electrons. The molecule has 1 aromatic heterocycles. The number of alkyl halides is 6. The number of benzene rings is 3. The summed E-state index contributed by atoms with van der Waals surface area (Å²) in [5.74, 6) is -1.57. The second-order valence-electron chi connectivity index (χ2n) is 7.66. The van der Waals surface area contributed by atoms with Gasteiger partial charge in [0.25, 0.3) is 0 Å². The van der Waals surface area contributed by atoms with Crippen molar-refractivity contribution < 1.29 is 45.3 Å². The first-order chi connectivity index (χ1) is 16.9. The number of ether oxygens (including phenoxy) is 3. The van der Waals surface area contributed by atoms with Gasteiger partial charge < -0.3 is 14.2 Å². The SMILES string of the molecule is COc1cc2nc3ccccc3c(C(=O)OC(c3ccccc3)(C(F)(F)F)C(F)(F)F)c2cc1OC. The van der Waals surface area contributed by atoms with Gasteiger partial charge in [0.05, 0.1) is 30.8 Å². The molecule has 0 saturated carbocycles. The van der Waals surface area contributed by atoms with Gasteiger partial charge in [-0.15, -0.1) is 0 Å². The number of pyridine rings is 1. The molecule has 5 nitrogen and oxygen atoms in total. The molecule has 0 bridgehead atoms. The standard InChI is InChI=1S/C25H17F6NO4/c1-34-19-12-16-18(13-20(19)35-2)32-17-11-7-6-10-15(17)21(16)22(33)36-23(24(26,27)28,25(29,30)31)14-8-4-3-5-9-14/h3-13H,1-2H3. The molecule has 0 unspecified atom stereocenters. The Kier molecular flexibility index (Phi) is 6.19. The van der Waals surface area contributed by atoms with Crippen LogP contribution in [0.1, 0.15) is 15.9 Å². The summed E-state index contributed by atoms with van der Waals surface area (Å²) < 4.78 is 100. The van der Waals surface area contributed by atoms with E-state index in [0.29, 0.717) is 12.1 Å². The van der Waals surface area contributed by atoms with E-state index >= 15 is 0 Å². The quantitative estimate of drug-likeness (QED) is 0.173. The molecule has 0 saturated heterocycles. The lowest BCUT2D eigenvalue weighted by atomic mass is 9.91. The van der Waals surface area contributed by atoms with E-state index in [2.05, 4.69) is 9.72 Å². The molecular formula is C25H17F6NO4. The molecule has 0 aliphatic heterocycles. The number of rotatable bonds is 5. The van der Waals surface area contributed by atoms with Crippen LogP contribution in [0.25, 0.3) is 21.8 Å². The molecule has 0 aliphatic rings. The first-order valence-electron chi connectivity index (χ1n) is 10.3. The minimum Gasteiger partial charge on any atom is -0.493 e. The number of carbonyl (C=O) groups excluding carboxylic acids is 1. The summed E-state index contributed by atoms with van der Waals surface area (Å²) in [5, 5.41) is -0.0869. The number of halogens is 6. The summed E-state index contributed by atoms with van der Waals surface area (Å²) in [6, 6.07) is 12.9. The van der Waals surface area contributed by atoms with Crippen molar-refractivity contribution in [3.8, 4) is 11.5 Å². The van der Waals surface area contributed by atoms with E-state index in [1.165, 1.54) is 50.6 Å². The maximum absolute atomic E-state index is 14.2. The van der Waals surface area contributed by atoms with Gasteiger partial charge >= 0.3 is 23.9 Å². The highest BCUT2D eigenvalue weighted by atomic mass is 19.4. The van der Waals surface area contributed by atoms with Crippen molar-refractivity contribution in [2.45, 2.75) is 18.0 Å². The predicted octanol–water partition coefficient (Wildman–Crippen LogP) is 6.58. The summed E-state index contributed by atoms with van der Waals surface area (Å²) in [4.78, 5) is 17.8. The molecular weight excluding hydrogens is 492 g/mol. The molecule has 36 heavy (non-hydrogen) atoms. The molecule has 0 atom stereocenters. The molecule has 4 rings (SSSR count). The Morgan fingerprint density at radius 3 is 1.86 bits per heavy atom. The van der Waals surface area contributed by atoms with Crippen molar-refractivity contribution in [3.63, 3.8) is 0 Å². The lowest BCUT2D eigenvalue weighted by molar-refractivity contribution is -0.373. The highest BCUT2D eigenvalue weighted by molar-refractivity contribution is 6.15. The number of para-hydroxylation sites is 1. The van der Waals surface area contributed by atoms with E-state index < -0.39 is 35.0 Å². The smallest absolute Gasteiger partial charge is 0.442 e. The van der Waals surface area contributed by atoms with Gasteiger partial charge in [-0.05, 0) is 12.1 Å². The van der Waals surface area contributed by atoms with Crippen LogP contribution in [-0.4, -0.2) is 37.5 Å². The second-order valence-corrected chi connectivity index (χ2v) is 7.66. The van der Waals surface area contributed by atoms with Crippen LogP contribution in [0.5, 0.6) is 11.5 Å². The number of esters is 1. The average molecular weight is 509 g/mol. The number of hydrogen-bond acceptors (Lipinski definition) is 5. The zero-order chi connectivity index (χ0) is 26.3. The lowest BCUT2D eigenvalue weighted by Crippen LogP contribution is -2.56. The van der Waals surface area contributed by atoms with E-state index in [4.69, 9.17) is 9.47 Å². The van der Waals surface area contributed by atoms with Crippen LogP contribution in [0.3, 0.4) is 0 Å². The van der Waals surface area contributed by atoms with Gasteiger partial charge in [-0.1, -0.05) is 48.5 Å². The number of fused-ring (bicyclic) bond motifs is 2. The summed E-state index contributed by atoms with van der Waals surface area (Å²) in [7, 11) is 2.62. The molecule has 4 aromatic rings. The third-order valence-electron chi connectivity index (χ3n) is 5.61. The lowest BCUT2D eigenvalue weighted by Gasteiger charge is -2.37. The number of nitrogens with zero attached hydrogens (tertiary/aromatic N) is 1. The molecule has 0 spiro atoms. The molecule has 3 aromatic carbocycles. The van der Waals surface area contributed by atoms with Crippen LogP contribution < -0.4 is 9.47 Å². The van der Waals surface area contributed by atoms with E-state index in [0.717, 1.165) is 12.1 Å². The Morgan fingerprint density at radius 1 is 0.722 bits per heavy atom. The maximum atomic E-state index is 14.2. The molecule has 0 fully saturated rings. The van der Waals surface area contributed by atoms with Gasteiger partial charge in [-0.2, -0.15) is 26.3 Å². The monoisotopic (exact) mass is 509 g/mol. The largest absolute Gasteiger partial charge is 0.493 e. The molecule has 11 heteroatoms. The summed E-state index contributed by atoms with van der Waals surface area (Å²) in [6.45, 7) is 0. The van der Waals surface area contributed by atoms with Crippen molar-refractivity contribution in [2.24, 2.45) is 0 Å². The highest BCUT2D eigenvalue weighted by Crippen LogP contribution is 2.53. The van der Waals surface area contributed by atoms with E-state index in [1.807, 2.05) is 0 Å². The Morgan fingerprint density at radius 2 is 1.28 bits per heavy atom. The molecule has 0 aliphatic carbocycles. The third-order valence-corrected chi connectivity index (χ3v) is 5.61. The Labute approximate surface area is 200 Å². The minimum absolute atomic E-state index is 0.00599. The van der Waals surface area contributed by atoms with Crippen LogP contribution in [0, 0.1) is 0 Å². The van der Waals surface area contributed by atoms with Crippen molar-refractivity contribution in [1.29, 1.82) is 0 Å². The number of hydrogen-bond donors (Lipinski definition) is 0. The fraction of sp³-hybridized carbons (Fsp3) is 0.200. The minimum atomic E-state index is -6.04. The predicted molar refractivity (Wildman–Crippen MR) is 118 cm³/mol. The van der Waals surface area contributed by atoms with Crippen molar-refractivity contribution in [2.75, 3.05) is 14.2 Å². The van der Waals surface area contributed by atoms with Crippen LogP contribution in [-0.2, 0) is 10.3 Å². The van der Waals surface area contributed by atoms with Crippen LogP contribution in [0.4, 0.5) is 26.3 Å². The van der Waals surface area contributed by atoms with Crippen molar-refractivity contribution in [3.05, 3.63) is 77.9 Å². The van der Waals surface area contributed by atoms with Crippen molar-refractivity contribution >= 4 is 27.8 Å². The molecule has 0 N–H and O–H groups in total. The number of carbonyl (C=O) groups is 1. The molecule has 0 amide bonds. The fourth-order valence-electron chi connectivity index (χ4n) is 3.96. The Bertz CT molecular complexity index is 1420. The average Bonchev–Trinajstić information content (AvgIpc) is 2.83. The van der Waals surface area contributed by atoms with Crippen LogP contribution in [0.2, 0.25) is 0 Å². The topological polar surface area (TPSA) is 57.7 Å². The zero-order valence-corrected chi connectivity index (χ0v) is 18.7. The van der Waals surface area contributed by atoms with Gasteiger partial charge in [-0.25, -0.2) is 9.78 Å². The third kappa shape index (κ3) is 3.94. The highest BCUT2D eigenvalue weighted by Gasteiger charge is 2.75. The molecule has 188 valence electrons. The first kappa shape index (κ1) is 25.1. The second kappa shape index (κ2) is 8.89. The van der Waals surface area contributed by atoms with E-state index in [1.54, 1.807) is 6.07 Å². The van der Waals surface area contributed by atoms with Gasteiger partial charge in [-0.3, -0.25) is 0 Å². The van der Waals surface area contributed by atoms with Crippen LogP contribution in [0.15, 0.2) is 66.7 Å². The van der Waals surface area contributed by atoms with Gasteiger partial charge in [0.2, 0.25) is 0 Å². The van der Waals surface area contributed by atoms with Gasteiger partial charge in [0.1, 0.15) is 0 Å². The number of methoxy groups -OCH3 is 2. The van der Waals surface area contributed by atoms with E-state index in [9.17, 15) is 31.1 Å². The maximum Gasteiger partial charge on any atom is 0.442 e. The van der Waals surface area contributed by atoms with Crippen molar-refractivity contribution in [1.82, 2.24) is 4.98 Å². The van der Waals surface area contributed by atoms with Gasteiger partial charge in [0.15, 0.2) is 11.5 Å². The number of aromatic nitrogens is 1. The summed E-state index contributed by atoms with van der Waals surface area (Å²) in [6.07, 6.45) is -12.1. The Balaban J connectivity index is 2.03. The molecule has 1 heterocycles. The van der Waals surface area contributed by atoms with E-state index in [-0.39, 0.29) is 33.3 Å².